The summed E-state index contributed by atoms with van der Waals surface area (Å²) < 4.78 is 59.3. The Balaban J connectivity index is 2.24. The van der Waals surface area contributed by atoms with Crippen molar-refractivity contribution in [1.29, 1.82) is 0 Å². The number of β-amino-alcohol motifs (C(OH)–C–C–N with tert-alkyl or cyclic N) is 1. The lowest BCUT2D eigenvalue weighted by Gasteiger charge is -2.18. The van der Waals surface area contributed by atoms with Gasteiger partial charge in [-0.15, -0.1) is 0 Å². The Morgan fingerprint density at radius 2 is 1.79 bits per heavy atom. The van der Waals surface area contributed by atoms with Gasteiger partial charge >= 0.3 is 5.51 Å². The number of rotatable bonds is 2. The van der Waals surface area contributed by atoms with Gasteiger partial charge < -0.3 is 10.0 Å². The third-order valence-corrected chi connectivity index (χ3v) is 4.48. The fraction of sp³-hybridized carbons (Fsp3) is 0.455. The number of sulfone groups is 1. The molecular formula is C11H12F3NO3S. The molecule has 106 valence electrons. The van der Waals surface area contributed by atoms with Gasteiger partial charge in [-0.1, -0.05) is 0 Å². The summed E-state index contributed by atoms with van der Waals surface area (Å²) in [6, 6.07) is 4.50. The van der Waals surface area contributed by atoms with Crippen LogP contribution in [0.25, 0.3) is 0 Å². The average Bonchev–Trinajstić information content (AvgIpc) is 2.74. The predicted octanol–water partition coefficient (Wildman–Crippen LogP) is 1.55. The lowest BCUT2D eigenvalue weighted by Crippen LogP contribution is -2.24. The minimum atomic E-state index is -5.30. The molecule has 8 heteroatoms. The minimum Gasteiger partial charge on any atom is -0.391 e. The molecule has 2 rings (SSSR count). The van der Waals surface area contributed by atoms with Crippen LogP contribution in [0.4, 0.5) is 18.9 Å². The highest BCUT2D eigenvalue weighted by Gasteiger charge is 2.46. The molecule has 1 saturated heterocycles. The maximum Gasteiger partial charge on any atom is 0.501 e. The highest BCUT2D eigenvalue weighted by molar-refractivity contribution is 7.92. The van der Waals surface area contributed by atoms with Gasteiger partial charge in [0.2, 0.25) is 0 Å². The zero-order valence-electron chi connectivity index (χ0n) is 9.76. The van der Waals surface area contributed by atoms with Crippen LogP contribution in [0.1, 0.15) is 6.42 Å². The molecule has 1 aromatic rings. The van der Waals surface area contributed by atoms with Crippen molar-refractivity contribution in [2.45, 2.75) is 22.9 Å². The van der Waals surface area contributed by atoms with Gasteiger partial charge in [0.15, 0.2) is 0 Å². The average molecular weight is 295 g/mol. The molecule has 1 aliphatic heterocycles. The largest absolute Gasteiger partial charge is 0.501 e. The van der Waals surface area contributed by atoms with Gasteiger partial charge in [-0.05, 0) is 30.7 Å². The molecule has 0 radical (unpaired) electrons. The second-order valence-corrected chi connectivity index (χ2v) is 6.27. The Hall–Kier alpha value is -1.28. The molecule has 1 heterocycles. The summed E-state index contributed by atoms with van der Waals surface area (Å²) in [5.74, 6) is 0. The molecule has 0 saturated carbocycles. The van der Waals surface area contributed by atoms with E-state index in [1.165, 1.54) is 12.1 Å². The van der Waals surface area contributed by atoms with E-state index in [0.717, 1.165) is 12.1 Å². The molecule has 0 aromatic heterocycles. The second kappa shape index (κ2) is 4.68. The first-order valence-corrected chi connectivity index (χ1v) is 7.04. The molecule has 4 nitrogen and oxygen atoms in total. The number of aliphatic hydroxyl groups is 1. The van der Waals surface area contributed by atoms with Crippen LogP contribution >= 0.6 is 0 Å². The van der Waals surface area contributed by atoms with Crippen LogP contribution in [0.15, 0.2) is 29.2 Å². The van der Waals surface area contributed by atoms with Gasteiger partial charge in [-0.2, -0.15) is 13.2 Å². The zero-order chi connectivity index (χ0) is 14.3. The third-order valence-electron chi connectivity index (χ3n) is 2.98. The van der Waals surface area contributed by atoms with Crippen molar-refractivity contribution in [3.8, 4) is 0 Å². The summed E-state index contributed by atoms with van der Waals surface area (Å²) in [6.07, 6.45) is 0.126. The SMILES string of the molecule is O=S(=O)(c1ccc(N2CCC(O)C2)cc1)C(F)(F)F. The van der Waals surface area contributed by atoms with Gasteiger partial charge in [0.05, 0.1) is 11.0 Å². The number of hydrogen-bond acceptors (Lipinski definition) is 4. The molecule has 1 unspecified atom stereocenters. The summed E-state index contributed by atoms with van der Waals surface area (Å²) in [7, 11) is -5.30. The van der Waals surface area contributed by atoms with Crippen LogP contribution in [0.3, 0.4) is 0 Å². The van der Waals surface area contributed by atoms with E-state index >= 15 is 0 Å². The first-order chi connectivity index (χ1) is 8.72. The molecule has 1 aliphatic rings. The van der Waals surface area contributed by atoms with Crippen LogP contribution in [0, 0.1) is 0 Å². The summed E-state index contributed by atoms with van der Waals surface area (Å²) in [6.45, 7) is 0.984. The maximum absolute atomic E-state index is 12.3. The first-order valence-electron chi connectivity index (χ1n) is 5.56. The van der Waals surface area contributed by atoms with E-state index in [1.807, 2.05) is 0 Å². The molecule has 0 spiro atoms. The standard InChI is InChI=1S/C11H12F3NO3S/c12-11(13,14)19(17,18)10-3-1-8(2-4-10)15-6-5-9(16)7-15/h1-4,9,16H,5-7H2. The van der Waals surface area contributed by atoms with E-state index in [1.54, 1.807) is 4.90 Å². The Bertz CT molecular complexity index is 554. The van der Waals surface area contributed by atoms with Gasteiger partial charge in [0, 0.05) is 18.8 Å². The Kier molecular flexibility index (Phi) is 3.48. The minimum absolute atomic E-state index is 0.394. The summed E-state index contributed by atoms with van der Waals surface area (Å²) in [4.78, 5) is 1.01. The van der Waals surface area contributed by atoms with E-state index in [-0.39, 0.29) is 0 Å². The number of benzene rings is 1. The molecule has 1 fully saturated rings. The second-order valence-electron chi connectivity index (χ2n) is 4.33. The summed E-state index contributed by atoms with van der Waals surface area (Å²) >= 11 is 0. The molecule has 1 atom stereocenters. The van der Waals surface area contributed by atoms with E-state index in [4.69, 9.17) is 0 Å². The van der Waals surface area contributed by atoms with Crippen molar-refractivity contribution in [3.05, 3.63) is 24.3 Å². The highest BCUT2D eigenvalue weighted by Crippen LogP contribution is 2.31. The van der Waals surface area contributed by atoms with Crippen molar-refractivity contribution in [3.63, 3.8) is 0 Å². The van der Waals surface area contributed by atoms with E-state index in [9.17, 15) is 26.7 Å². The fourth-order valence-corrected chi connectivity index (χ4v) is 2.71. The van der Waals surface area contributed by atoms with Crippen LogP contribution in [-0.2, 0) is 9.84 Å². The van der Waals surface area contributed by atoms with Gasteiger partial charge in [0.25, 0.3) is 9.84 Å². The lowest BCUT2D eigenvalue weighted by atomic mass is 10.3. The Labute approximate surface area is 108 Å². The summed E-state index contributed by atoms with van der Waals surface area (Å²) in [5.41, 5.74) is -4.70. The van der Waals surface area contributed by atoms with E-state index in [2.05, 4.69) is 0 Å². The molecule has 19 heavy (non-hydrogen) atoms. The van der Waals surface area contributed by atoms with Gasteiger partial charge in [-0.3, -0.25) is 0 Å². The molecule has 1 aromatic carbocycles. The lowest BCUT2D eigenvalue weighted by molar-refractivity contribution is -0.0436. The van der Waals surface area contributed by atoms with Crippen molar-refractivity contribution in [1.82, 2.24) is 0 Å². The number of nitrogens with zero attached hydrogens (tertiary/aromatic N) is 1. The number of aliphatic hydroxyl groups excluding tert-OH is 1. The molecule has 0 aliphatic carbocycles. The number of alkyl halides is 3. The Morgan fingerprint density at radius 1 is 1.21 bits per heavy atom. The maximum atomic E-state index is 12.3. The van der Waals surface area contributed by atoms with Crippen molar-refractivity contribution >= 4 is 15.5 Å². The Morgan fingerprint density at radius 3 is 2.21 bits per heavy atom. The van der Waals surface area contributed by atoms with Gasteiger partial charge in [0.1, 0.15) is 0 Å². The van der Waals surface area contributed by atoms with Crippen LogP contribution < -0.4 is 4.90 Å². The smallest absolute Gasteiger partial charge is 0.391 e. The van der Waals surface area contributed by atoms with Gasteiger partial charge in [-0.25, -0.2) is 8.42 Å². The number of anilines is 1. The molecule has 1 N–H and O–H groups in total. The van der Waals surface area contributed by atoms with Crippen molar-refractivity contribution in [2.75, 3.05) is 18.0 Å². The van der Waals surface area contributed by atoms with E-state index < -0.39 is 26.3 Å². The van der Waals surface area contributed by atoms with Crippen LogP contribution in [0.2, 0.25) is 0 Å². The topological polar surface area (TPSA) is 57.6 Å². The first kappa shape index (κ1) is 14.1. The number of halogens is 3. The molecule has 0 amide bonds. The molecular weight excluding hydrogens is 283 g/mol. The zero-order valence-corrected chi connectivity index (χ0v) is 10.6. The van der Waals surface area contributed by atoms with Crippen molar-refractivity contribution in [2.24, 2.45) is 0 Å². The normalized spacial score (nSPS) is 20.8. The predicted molar refractivity (Wildman–Crippen MR) is 62.5 cm³/mol. The third kappa shape index (κ3) is 2.69. The van der Waals surface area contributed by atoms with Crippen LogP contribution in [0.5, 0.6) is 0 Å². The molecule has 0 bridgehead atoms. The monoisotopic (exact) mass is 295 g/mol. The van der Waals surface area contributed by atoms with Crippen LogP contribution in [-0.4, -0.2) is 38.2 Å². The number of hydrogen-bond donors (Lipinski definition) is 1. The van der Waals surface area contributed by atoms with Crippen molar-refractivity contribution < 1.29 is 26.7 Å². The van der Waals surface area contributed by atoms with E-state index in [0.29, 0.717) is 25.2 Å². The highest BCUT2D eigenvalue weighted by atomic mass is 32.2. The fourth-order valence-electron chi connectivity index (χ4n) is 1.95. The summed E-state index contributed by atoms with van der Waals surface area (Å²) in [5, 5.41) is 9.37. The quantitative estimate of drug-likeness (QED) is 0.899.